The molecule has 22 heavy (non-hydrogen) atoms. The number of amides is 1. The normalized spacial score (nSPS) is 28.1. The lowest BCUT2D eigenvalue weighted by Gasteiger charge is -2.27. The maximum Gasteiger partial charge on any atom is 0.244 e. The molecule has 2 aliphatic heterocycles. The van der Waals surface area contributed by atoms with Crippen molar-refractivity contribution in [1.82, 2.24) is 0 Å². The van der Waals surface area contributed by atoms with E-state index in [1.54, 1.807) is 0 Å². The van der Waals surface area contributed by atoms with Gasteiger partial charge < -0.3 is 4.90 Å². The number of hydrogen-bond acceptors (Lipinski definition) is 4. The molecule has 2 atom stereocenters. The summed E-state index contributed by atoms with van der Waals surface area (Å²) in [6.45, 7) is 5.41. The zero-order valence-corrected chi connectivity index (χ0v) is 14.4. The number of aryl methyl sites for hydroxylation is 2. The van der Waals surface area contributed by atoms with E-state index in [1.807, 2.05) is 36.9 Å². The number of anilines is 1. The highest BCUT2D eigenvalue weighted by atomic mass is 32.2. The number of aliphatic imine (C=N–C) groups is 1. The highest BCUT2D eigenvalue weighted by molar-refractivity contribution is 8.16. The molecule has 0 spiro atoms. The molecule has 1 amide bonds. The van der Waals surface area contributed by atoms with Crippen molar-refractivity contribution in [2.75, 3.05) is 16.4 Å². The van der Waals surface area contributed by atoms with Gasteiger partial charge in [0.2, 0.25) is 5.91 Å². The number of fused-ring (bicyclic) bond motifs is 1. The number of para-hydroxylation sites is 1. The lowest BCUT2D eigenvalue weighted by Crippen LogP contribution is -2.38. The monoisotopic (exact) mass is 338 g/mol. The van der Waals surface area contributed by atoms with Gasteiger partial charge in [-0.3, -0.25) is 4.79 Å². The van der Waals surface area contributed by atoms with Gasteiger partial charge in [0.05, 0.1) is 17.5 Å². The van der Waals surface area contributed by atoms with Crippen LogP contribution in [0.2, 0.25) is 0 Å². The quantitative estimate of drug-likeness (QED) is 0.783. The molecule has 2 aliphatic rings. The first-order valence-corrected chi connectivity index (χ1v) is 9.80. The molecule has 0 radical (unpaired) electrons. The van der Waals surface area contributed by atoms with Gasteiger partial charge in [0.25, 0.3) is 0 Å². The fourth-order valence-corrected chi connectivity index (χ4v) is 7.09. The number of sulfone groups is 1. The molecule has 3 rings (SSSR count). The Morgan fingerprint density at radius 1 is 1.27 bits per heavy atom. The summed E-state index contributed by atoms with van der Waals surface area (Å²) in [6.07, 6.45) is 0. The minimum Gasteiger partial charge on any atom is -0.315 e. The highest BCUT2D eigenvalue weighted by Gasteiger charge is 2.49. The minimum atomic E-state index is -3.03. The Bertz CT molecular complexity index is 751. The Kier molecular flexibility index (Phi) is 3.81. The molecule has 1 aromatic carbocycles. The zero-order valence-electron chi connectivity index (χ0n) is 12.7. The number of carbonyl (C=O) groups is 1. The maximum atomic E-state index is 12.0. The van der Waals surface area contributed by atoms with Gasteiger partial charge in [-0.05, 0) is 25.0 Å². The van der Waals surface area contributed by atoms with Crippen molar-refractivity contribution in [3.63, 3.8) is 0 Å². The third-order valence-electron chi connectivity index (χ3n) is 4.00. The molecular formula is C15H18N2O3S2. The summed E-state index contributed by atoms with van der Waals surface area (Å²) < 4.78 is 23.9. The number of hydrogen-bond donors (Lipinski definition) is 0. The minimum absolute atomic E-state index is 0.0536. The van der Waals surface area contributed by atoms with Crippen LogP contribution in [0.25, 0.3) is 0 Å². The molecule has 2 fully saturated rings. The summed E-state index contributed by atoms with van der Waals surface area (Å²) in [6, 6.07) is 5.82. The van der Waals surface area contributed by atoms with E-state index < -0.39 is 9.84 Å². The number of benzene rings is 1. The molecule has 0 N–H and O–H groups in total. The highest BCUT2D eigenvalue weighted by Crippen LogP contribution is 2.42. The standard InChI is InChI=1S/C15H18N2O3S2/c1-9-5-4-6-10(2)14(9)17-12-7-22(19,20)8-13(12)21-15(17)16-11(3)18/h4-6,12-13H,7-8H2,1-3H3/t12-,13-/m0/s1. The van der Waals surface area contributed by atoms with Gasteiger partial charge in [0.15, 0.2) is 15.0 Å². The molecule has 2 heterocycles. The third kappa shape index (κ3) is 2.67. The SMILES string of the molecule is CC(=O)N=C1S[C@H]2CS(=O)(=O)C[C@@H]2N1c1c(C)cccc1C. The van der Waals surface area contributed by atoms with Crippen molar-refractivity contribution < 1.29 is 13.2 Å². The largest absolute Gasteiger partial charge is 0.315 e. The molecule has 118 valence electrons. The van der Waals surface area contributed by atoms with Crippen LogP contribution in [0.4, 0.5) is 5.69 Å². The average Bonchev–Trinajstić information content (AvgIpc) is 2.81. The molecule has 7 heteroatoms. The molecular weight excluding hydrogens is 320 g/mol. The van der Waals surface area contributed by atoms with Crippen LogP contribution in [0.3, 0.4) is 0 Å². The summed E-state index contributed by atoms with van der Waals surface area (Å²) in [5.74, 6) is 0.0114. The van der Waals surface area contributed by atoms with Crippen molar-refractivity contribution in [3.05, 3.63) is 29.3 Å². The van der Waals surface area contributed by atoms with Crippen LogP contribution in [-0.4, -0.2) is 42.3 Å². The second kappa shape index (κ2) is 5.38. The van der Waals surface area contributed by atoms with E-state index in [9.17, 15) is 13.2 Å². The first-order valence-electron chi connectivity index (χ1n) is 7.10. The predicted molar refractivity (Wildman–Crippen MR) is 90.3 cm³/mol. The van der Waals surface area contributed by atoms with E-state index in [2.05, 4.69) is 4.99 Å². The van der Waals surface area contributed by atoms with E-state index >= 15 is 0 Å². The molecule has 0 saturated carbocycles. The fraction of sp³-hybridized carbons (Fsp3) is 0.467. The number of rotatable bonds is 1. The van der Waals surface area contributed by atoms with Crippen molar-refractivity contribution in [2.24, 2.45) is 4.99 Å². The molecule has 1 aromatic rings. The summed E-state index contributed by atoms with van der Waals surface area (Å²) in [5, 5.41) is 0.567. The third-order valence-corrected chi connectivity index (χ3v) is 7.21. The topological polar surface area (TPSA) is 66.8 Å². The summed E-state index contributed by atoms with van der Waals surface area (Å²) in [4.78, 5) is 17.5. The number of carbonyl (C=O) groups excluding carboxylic acids is 1. The van der Waals surface area contributed by atoms with Crippen LogP contribution in [0.15, 0.2) is 23.2 Å². The van der Waals surface area contributed by atoms with E-state index in [0.717, 1.165) is 16.8 Å². The van der Waals surface area contributed by atoms with Gasteiger partial charge in [-0.2, -0.15) is 4.99 Å². The van der Waals surface area contributed by atoms with Gasteiger partial charge in [0.1, 0.15) is 0 Å². The second-order valence-corrected chi connectivity index (χ2v) is 9.18. The lowest BCUT2D eigenvalue weighted by atomic mass is 10.1. The maximum absolute atomic E-state index is 12.0. The van der Waals surface area contributed by atoms with Crippen LogP contribution in [0, 0.1) is 13.8 Å². The van der Waals surface area contributed by atoms with Crippen LogP contribution in [0.5, 0.6) is 0 Å². The summed E-state index contributed by atoms with van der Waals surface area (Å²) in [7, 11) is -3.03. The fourth-order valence-electron chi connectivity index (χ4n) is 3.15. The predicted octanol–water partition coefficient (Wildman–Crippen LogP) is 1.92. The molecule has 0 aromatic heterocycles. The van der Waals surface area contributed by atoms with Gasteiger partial charge in [-0.15, -0.1) is 0 Å². The Morgan fingerprint density at radius 3 is 2.50 bits per heavy atom. The summed E-state index contributed by atoms with van der Waals surface area (Å²) >= 11 is 1.41. The molecule has 0 unspecified atom stereocenters. The molecule has 0 bridgehead atoms. The Balaban J connectivity index is 2.13. The Labute approximate surface area is 134 Å². The van der Waals surface area contributed by atoms with E-state index in [4.69, 9.17) is 0 Å². The van der Waals surface area contributed by atoms with Crippen LogP contribution in [-0.2, 0) is 14.6 Å². The lowest BCUT2D eigenvalue weighted by molar-refractivity contribution is -0.115. The molecule has 0 aliphatic carbocycles. The Hall–Kier alpha value is -1.34. The summed E-state index contributed by atoms with van der Waals surface area (Å²) in [5.41, 5.74) is 3.09. The second-order valence-electron chi connectivity index (χ2n) is 5.82. The van der Waals surface area contributed by atoms with Crippen LogP contribution < -0.4 is 4.90 Å². The van der Waals surface area contributed by atoms with Crippen LogP contribution >= 0.6 is 11.8 Å². The van der Waals surface area contributed by atoms with Gasteiger partial charge in [-0.1, -0.05) is 30.0 Å². The van der Waals surface area contributed by atoms with E-state index in [0.29, 0.717) is 5.17 Å². The van der Waals surface area contributed by atoms with Crippen molar-refractivity contribution in [1.29, 1.82) is 0 Å². The van der Waals surface area contributed by atoms with Crippen molar-refractivity contribution in [2.45, 2.75) is 32.1 Å². The number of amidine groups is 1. The van der Waals surface area contributed by atoms with Crippen molar-refractivity contribution in [3.8, 4) is 0 Å². The first-order chi connectivity index (χ1) is 10.3. The Morgan fingerprint density at radius 2 is 1.91 bits per heavy atom. The zero-order chi connectivity index (χ0) is 16.1. The average molecular weight is 338 g/mol. The molecule has 2 saturated heterocycles. The molecule has 5 nitrogen and oxygen atoms in total. The van der Waals surface area contributed by atoms with Crippen LogP contribution in [0.1, 0.15) is 18.1 Å². The van der Waals surface area contributed by atoms with Crippen molar-refractivity contribution >= 4 is 38.4 Å². The van der Waals surface area contributed by atoms with Gasteiger partial charge in [-0.25, -0.2) is 8.42 Å². The van der Waals surface area contributed by atoms with E-state index in [-0.39, 0.29) is 28.7 Å². The number of thioether (sulfide) groups is 1. The van der Waals surface area contributed by atoms with Gasteiger partial charge >= 0.3 is 0 Å². The van der Waals surface area contributed by atoms with Gasteiger partial charge in [0, 0.05) is 17.9 Å². The first kappa shape index (κ1) is 15.6. The smallest absolute Gasteiger partial charge is 0.244 e. The number of nitrogens with zero attached hydrogens (tertiary/aromatic N) is 2. The van der Waals surface area contributed by atoms with E-state index in [1.165, 1.54) is 18.7 Å².